The van der Waals surface area contributed by atoms with Crippen molar-refractivity contribution < 1.29 is 14.6 Å². The van der Waals surface area contributed by atoms with E-state index >= 15 is 0 Å². The molecule has 1 aromatic carbocycles. The van der Waals surface area contributed by atoms with Crippen molar-refractivity contribution in [2.24, 2.45) is 0 Å². The second kappa shape index (κ2) is 6.47. The molecule has 2 aromatic rings. The molecule has 5 nitrogen and oxygen atoms in total. The molecule has 5 heteroatoms. The molecular formula is C17H20N2O3. The van der Waals surface area contributed by atoms with E-state index in [9.17, 15) is 9.90 Å². The van der Waals surface area contributed by atoms with E-state index < -0.39 is 0 Å². The number of hydrogen-bond acceptors (Lipinski definition) is 4. The summed E-state index contributed by atoms with van der Waals surface area (Å²) in [5, 5.41) is 12.1. The summed E-state index contributed by atoms with van der Waals surface area (Å²) in [6, 6.07) is 10.7. The highest BCUT2D eigenvalue weighted by Crippen LogP contribution is 2.30. The van der Waals surface area contributed by atoms with E-state index in [1.807, 2.05) is 24.3 Å². The number of hydrogen-bond donors (Lipinski definition) is 2. The number of benzene rings is 1. The summed E-state index contributed by atoms with van der Waals surface area (Å²) in [7, 11) is 0. The first kappa shape index (κ1) is 15.8. The Balaban J connectivity index is 2.02. The summed E-state index contributed by atoms with van der Waals surface area (Å²) in [6.45, 7) is 6.10. The number of anilines is 1. The molecule has 2 rings (SSSR count). The molecular weight excluding hydrogens is 280 g/mol. The van der Waals surface area contributed by atoms with Crippen molar-refractivity contribution in [3.63, 3.8) is 0 Å². The molecule has 116 valence electrons. The smallest absolute Gasteiger partial charge is 0.263 e. The van der Waals surface area contributed by atoms with Crippen molar-refractivity contribution in [1.29, 1.82) is 0 Å². The monoisotopic (exact) mass is 300 g/mol. The molecule has 0 bridgehead atoms. The second-order valence-corrected chi connectivity index (χ2v) is 5.95. The van der Waals surface area contributed by atoms with Gasteiger partial charge < -0.3 is 15.2 Å². The minimum absolute atomic E-state index is 0.0771. The van der Waals surface area contributed by atoms with Gasteiger partial charge in [0.15, 0.2) is 18.2 Å². The Kier molecular flexibility index (Phi) is 4.65. The largest absolute Gasteiger partial charge is 0.504 e. The van der Waals surface area contributed by atoms with Crippen molar-refractivity contribution in [1.82, 2.24) is 4.98 Å². The van der Waals surface area contributed by atoms with Gasteiger partial charge in [-0.25, -0.2) is 4.98 Å². The van der Waals surface area contributed by atoms with Crippen LogP contribution in [0.25, 0.3) is 0 Å². The van der Waals surface area contributed by atoms with Gasteiger partial charge in [0.25, 0.3) is 5.91 Å². The average Bonchev–Trinajstić information content (AvgIpc) is 2.47. The fourth-order valence-electron chi connectivity index (χ4n) is 2.02. The Bertz CT molecular complexity index is 663. The molecule has 1 amide bonds. The first-order chi connectivity index (χ1) is 10.4. The highest BCUT2D eigenvalue weighted by Gasteiger charge is 2.19. The maximum absolute atomic E-state index is 11.9. The van der Waals surface area contributed by atoms with E-state index in [0.29, 0.717) is 5.75 Å². The number of carbonyl (C=O) groups is 1. The van der Waals surface area contributed by atoms with Gasteiger partial charge in [0, 0.05) is 6.20 Å². The molecule has 0 atom stereocenters. The zero-order chi connectivity index (χ0) is 16.2. The molecule has 0 saturated carbocycles. The molecule has 2 N–H and O–H groups in total. The fraction of sp³-hybridized carbons (Fsp3) is 0.294. The van der Waals surface area contributed by atoms with Gasteiger partial charge in [0.05, 0.1) is 0 Å². The Labute approximate surface area is 130 Å². The summed E-state index contributed by atoms with van der Waals surface area (Å²) in [5.41, 5.74) is 0.954. The lowest BCUT2D eigenvalue weighted by atomic mass is 9.86. The number of nitrogens with one attached hydrogen (secondary N) is 1. The maximum Gasteiger partial charge on any atom is 0.263 e. The SMILES string of the molecule is CC(C)(C)c1ccccc1OCC(=O)Nc1ncccc1O. The molecule has 1 heterocycles. The molecule has 0 saturated heterocycles. The van der Waals surface area contributed by atoms with Crippen LogP contribution < -0.4 is 10.1 Å². The van der Waals surface area contributed by atoms with E-state index in [-0.39, 0.29) is 29.5 Å². The van der Waals surface area contributed by atoms with Crippen LogP contribution in [-0.2, 0) is 10.2 Å². The molecule has 22 heavy (non-hydrogen) atoms. The lowest BCUT2D eigenvalue weighted by molar-refractivity contribution is -0.118. The molecule has 0 aliphatic rings. The molecule has 0 spiro atoms. The number of nitrogens with zero attached hydrogens (tertiary/aromatic N) is 1. The van der Waals surface area contributed by atoms with Crippen molar-refractivity contribution in [3.8, 4) is 11.5 Å². The number of amides is 1. The molecule has 0 radical (unpaired) electrons. The number of aromatic nitrogens is 1. The van der Waals surface area contributed by atoms with Gasteiger partial charge in [-0.15, -0.1) is 0 Å². The van der Waals surface area contributed by atoms with Crippen molar-refractivity contribution >= 4 is 11.7 Å². The summed E-state index contributed by atoms with van der Waals surface area (Å²) in [5.74, 6) is 0.347. The van der Waals surface area contributed by atoms with Gasteiger partial charge in [0.2, 0.25) is 0 Å². The molecule has 1 aromatic heterocycles. The van der Waals surface area contributed by atoms with Crippen LogP contribution in [-0.4, -0.2) is 22.6 Å². The first-order valence-corrected chi connectivity index (χ1v) is 7.04. The quantitative estimate of drug-likeness (QED) is 0.910. The molecule has 0 fully saturated rings. The van der Waals surface area contributed by atoms with Gasteiger partial charge in [-0.1, -0.05) is 39.0 Å². The molecule has 0 aliphatic carbocycles. The Morgan fingerprint density at radius 1 is 1.23 bits per heavy atom. The highest BCUT2D eigenvalue weighted by molar-refractivity contribution is 5.92. The van der Waals surface area contributed by atoms with Crippen molar-refractivity contribution in [2.45, 2.75) is 26.2 Å². The van der Waals surface area contributed by atoms with E-state index in [4.69, 9.17) is 4.74 Å². The third-order valence-electron chi connectivity index (χ3n) is 3.10. The van der Waals surface area contributed by atoms with Crippen molar-refractivity contribution in [2.75, 3.05) is 11.9 Å². The van der Waals surface area contributed by atoms with E-state index in [2.05, 4.69) is 31.1 Å². The predicted molar refractivity (Wildman–Crippen MR) is 85.2 cm³/mol. The van der Waals surface area contributed by atoms with E-state index in [1.165, 1.54) is 12.3 Å². The molecule has 0 unspecified atom stereocenters. The van der Waals surface area contributed by atoms with Crippen LogP contribution in [0.2, 0.25) is 0 Å². The number of aromatic hydroxyl groups is 1. The fourth-order valence-corrected chi connectivity index (χ4v) is 2.02. The lowest BCUT2D eigenvalue weighted by Gasteiger charge is -2.22. The highest BCUT2D eigenvalue weighted by atomic mass is 16.5. The second-order valence-electron chi connectivity index (χ2n) is 5.95. The number of pyridine rings is 1. The van der Waals surface area contributed by atoms with Crippen LogP contribution in [0.15, 0.2) is 42.6 Å². The number of para-hydroxylation sites is 1. The minimum Gasteiger partial charge on any atom is -0.504 e. The average molecular weight is 300 g/mol. The van der Waals surface area contributed by atoms with Crippen LogP contribution in [0.1, 0.15) is 26.3 Å². The van der Waals surface area contributed by atoms with Gasteiger partial charge in [-0.05, 0) is 29.2 Å². The number of rotatable bonds is 4. The third kappa shape index (κ3) is 3.97. The van der Waals surface area contributed by atoms with Crippen LogP contribution in [0.3, 0.4) is 0 Å². The van der Waals surface area contributed by atoms with Gasteiger partial charge in [-0.2, -0.15) is 0 Å². The van der Waals surface area contributed by atoms with Crippen LogP contribution >= 0.6 is 0 Å². The lowest BCUT2D eigenvalue weighted by Crippen LogP contribution is -2.22. The van der Waals surface area contributed by atoms with Crippen LogP contribution in [0.4, 0.5) is 5.82 Å². The normalized spacial score (nSPS) is 11.0. The standard InChI is InChI=1S/C17H20N2O3/c1-17(2,3)12-7-4-5-9-14(12)22-11-15(21)19-16-13(20)8-6-10-18-16/h4-10,20H,11H2,1-3H3,(H,18,19,21). The van der Waals surface area contributed by atoms with E-state index in [0.717, 1.165) is 5.56 Å². The van der Waals surface area contributed by atoms with Gasteiger partial charge in [-0.3, -0.25) is 4.79 Å². The number of ether oxygens (including phenoxy) is 1. The minimum atomic E-state index is -0.377. The summed E-state index contributed by atoms with van der Waals surface area (Å²) < 4.78 is 5.62. The summed E-state index contributed by atoms with van der Waals surface area (Å²) >= 11 is 0. The number of carbonyl (C=O) groups excluding carboxylic acids is 1. The van der Waals surface area contributed by atoms with Crippen LogP contribution in [0.5, 0.6) is 11.5 Å². The zero-order valence-electron chi connectivity index (χ0n) is 13.0. The Morgan fingerprint density at radius 2 is 1.95 bits per heavy atom. The van der Waals surface area contributed by atoms with Gasteiger partial charge in [0.1, 0.15) is 5.75 Å². The Hall–Kier alpha value is -2.56. The maximum atomic E-state index is 11.9. The van der Waals surface area contributed by atoms with Gasteiger partial charge >= 0.3 is 0 Å². The van der Waals surface area contributed by atoms with Crippen LogP contribution in [0, 0.1) is 0 Å². The predicted octanol–water partition coefficient (Wildman–Crippen LogP) is 3.10. The zero-order valence-corrected chi connectivity index (χ0v) is 13.0. The van der Waals surface area contributed by atoms with E-state index in [1.54, 1.807) is 6.07 Å². The molecule has 0 aliphatic heterocycles. The first-order valence-electron chi connectivity index (χ1n) is 7.04. The third-order valence-corrected chi connectivity index (χ3v) is 3.10. The van der Waals surface area contributed by atoms with Crippen molar-refractivity contribution in [3.05, 3.63) is 48.2 Å². The Morgan fingerprint density at radius 3 is 2.64 bits per heavy atom. The summed E-state index contributed by atoms with van der Waals surface area (Å²) in [4.78, 5) is 15.8. The summed E-state index contributed by atoms with van der Waals surface area (Å²) in [6.07, 6.45) is 1.49. The topological polar surface area (TPSA) is 71.5 Å².